The minimum Gasteiger partial charge on any atom is -0.0767 e. The molecule has 0 nitrogen and oxygen atoms in total. The zero-order valence-corrected chi connectivity index (χ0v) is 8.50. The Labute approximate surface area is 80.5 Å². The van der Waals surface area contributed by atoms with Gasteiger partial charge in [0.15, 0.2) is 0 Å². The number of rotatable bonds is 0. The van der Waals surface area contributed by atoms with Gasteiger partial charge in [0.05, 0.1) is 0 Å². The highest BCUT2D eigenvalue weighted by molar-refractivity contribution is 14.1. The van der Waals surface area contributed by atoms with Crippen LogP contribution >= 0.6 is 22.6 Å². The van der Waals surface area contributed by atoms with Crippen molar-refractivity contribution in [3.8, 4) is 0 Å². The molecule has 1 heteroatoms. The van der Waals surface area contributed by atoms with Crippen molar-refractivity contribution >= 4 is 28.7 Å². The van der Waals surface area contributed by atoms with Crippen molar-refractivity contribution in [1.29, 1.82) is 0 Å². The Kier molecular flexibility index (Phi) is 1.75. The van der Waals surface area contributed by atoms with Crippen molar-refractivity contribution < 1.29 is 0 Å². The number of halogens is 1. The van der Waals surface area contributed by atoms with Crippen LogP contribution in [0.4, 0.5) is 0 Å². The van der Waals surface area contributed by atoms with Crippen LogP contribution < -0.4 is 0 Å². The molecule has 1 aromatic carbocycles. The van der Waals surface area contributed by atoms with Crippen LogP contribution in [0, 0.1) is 3.57 Å². The SMILES string of the molecule is CC1C=Cc2ccc(I)cc21. The summed E-state index contributed by atoms with van der Waals surface area (Å²) in [7, 11) is 0. The lowest BCUT2D eigenvalue weighted by Gasteiger charge is -2.03. The highest BCUT2D eigenvalue weighted by Crippen LogP contribution is 2.30. The largest absolute Gasteiger partial charge is 0.0767 e. The second-order valence-electron chi connectivity index (χ2n) is 2.92. The van der Waals surface area contributed by atoms with E-state index in [1.807, 2.05) is 0 Å². The van der Waals surface area contributed by atoms with E-state index in [1.165, 1.54) is 14.7 Å². The van der Waals surface area contributed by atoms with Crippen LogP contribution in [0.1, 0.15) is 24.0 Å². The second-order valence-corrected chi connectivity index (χ2v) is 4.17. The van der Waals surface area contributed by atoms with Crippen molar-refractivity contribution in [2.75, 3.05) is 0 Å². The van der Waals surface area contributed by atoms with Crippen LogP contribution in [0.3, 0.4) is 0 Å². The van der Waals surface area contributed by atoms with Gasteiger partial charge in [-0.25, -0.2) is 0 Å². The van der Waals surface area contributed by atoms with E-state index in [2.05, 4.69) is 59.9 Å². The van der Waals surface area contributed by atoms with Gasteiger partial charge in [0, 0.05) is 3.57 Å². The summed E-state index contributed by atoms with van der Waals surface area (Å²) in [5.41, 5.74) is 2.86. The third-order valence-electron chi connectivity index (χ3n) is 2.10. The lowest BCUT2D eigenvalue weighted by Crippen LogP contribution is -1.87. The van der Waals surface area contributed by atoms with Gasteiger partial charge in [0.2, 0.25) is 0 Å². The summed E-state index contributed by atoms with van der Waals surface area (Å²) in [4.78, 5) is 0. The fraction of sp³-hybridized carbons (Fsp3) is 0.200. The van der Waals surface area contributed by atoms with Crippen LogP contribution in [-0.2, 0) is 0 Å². The second kappa shape index (κ2) is 2.63. The third-order valence-corrected chi connectivity index (χ3v) is 2.77. The Morgan fingerprint density at radius 2 is 2.18 bits per heavy atom. The molecular weight excluding hydrogens is 247 g/mol. The van der Waals surface area contributed by atoms with Crippen LogP contribution in [0.5, 0.6) is 0 Å². The first-order valence-corrected chi connectivity index (χ1v) is 4.83. The summed E-state index contributed by atoms with van der Waals surface area (Å²) in [5, 5.41) is 0. The number of benzene rings is 1. The molecule has 0 fully saturated rings. The minimum atomic E-state index is 0.611. The first-order valence-electron chi connectivity index (χ1n) is 3.75. The van der Waals surface area contributed by atoms with E-state index in [-0.39, 0.29) is 0 Å². The smallest absolute Gasteiger partial charge is 0.0133 e. The van der Waals surface area contributed by atoms with E-state index >= 15 is 0 Å². The molecule has 1 atom stereocenters. The van der Waals surface area contributed by atoms with Gasteiger partial charge in [-0.2, -0.15) is 0 Å². The molecule has 0 aromatic heterocycles. The quantitative estimate of drug-likeness (QED) is 0.624. The van der Waals surface area contributed by atoms with Gasteiger partial charge < -0.3 is 0 Å². The monoisotopic (exact) mass is 256 g/mol. The summed E-state index contributed by atoms with van der Waals surface area (Å²) in [6, 6.07) is 6.61. The Morgan fingerprint density at radius 3 is 3.00 bits per heavy atom. The summed E-state index contributed by atoms with van der Waals surface area (Å²) in [6.45, 7) is 2.23. The molecular formula is C10H9I. The van der Waals surface area contributed by atoms with Crippen molar-refractivity contribution in [3.05, 3.63) is 39.0 Å². The molecule has 1 aliphatic rings. The summed E-state index contributed by atoms with van der Waals surface area (Å²) < 4.78 is 1.33. The van der Waals surface area contributed by atoms with E-state index in [1.54, 1.807) is 0 Å². The predicted octanol–water partition coefficient (Wildman–Crippen LogP) is 3.42. The highest BCUT2D eigenvalue weighted by atomic mass is 127. The molecule has 0 radical (unpaired) electrons. The van der Waals surface area contributed by atoms with E-state index < -0.39 is 0 Å². The Bertz CT molecular complexity index is 313. The summed E-state index contributed by atoms with van der Waals surface area (Å²) in [5.74, 6) is 0.611. The maximum Gasteiger partial charge on any atom is 0.0133 e. The van der Waals surface area contributed by atoms with Gasteiger partial charge in [0.1, 0.15) is 0 Å². The van der Waals surface area contributed by atoms with Gasteiger partial charge in [-0.3, -0.25) is 0 Å². The molecule has 0 aliphatic heterocycles. The highest BCUT2D eigenvalue weighted by Gasteiger charge is 2.11. The van der Waals surface area contributed by atoms with E-state index in [0.717, 1.165) is 0 Å². The molecule has 0 heterocycles. The molecule has 0 saturated heterocycles. The predicted molar refractivity (Wildman–Crippen MR) is 56.6 cm³/mol. The van der Waals surface area contributed by atoms with Gasteiger partial charge in [0.25, 0.3) is 0 Å². The molecule has 0 saturated carbocycles. The Balaban J connectivity index is 2.58. The van der Waals surface area contributed by atoms with Crippen LogP contribution in [-0.4, -0.2) is 0 Å². The lowest BCUT2D eigenvalue weighted by molar-refractivity contribution is 0.988. The third kappa shape index (κ3) is 1.22. The molecule has 1 unspecified atom stereocenters. The molecule has 1 aromatic rings. The molecule has 2 rings (SSSR count). The Hall–Kier alpha value is -0.310. The van der Waals surface area contributed by atoms with Crippen LogP contribution in [0.2, 0.25) is 0 Å². The van der Waals surface area contributed by atoms with E-state index in [4.69, 9.17) is 0 Å². The minimum absolute atomic E-state index is 0.611. The standard InChI is InChI=1S/C10H9I/c1-7-2-3-8-4-5-9(11)6-10(7)8/h2-7H,1H3. The molecule has 11 heavy (non-hydrogen) atoms. The van der Waals surface area contributed by atoms with Crippen molar-refractivity contribution in [2.24, 2.45) is 0 Å². The van der Waals surface area contributed by atoms with E-state index in [9.17, 15) is 0 Å². The summed E-state index contributed by atoms with van der Waals surface area (Å²) in [6.07, 6.45) is 4.46. The van der Waals surface area contributed by atoms with Gasteiger partial charge in [-0.1, -0.05) is 25.1 Å². The zero-order valence-electron chi connectivity index (χ0n) is 6.34. The molecule has 56 valence electrons. The molecule has 0 N–H and O–H groups in total. The first kappa shape index (κ1) is 7.35. The van der Waals surface area contributed by atoms with E-state index in [0.29, 0.717) is 5.92 Å². The number of fused-ring (bicyclic) bond motifs is 1. The average Bonchev–Trinajstić information content (AvgIpc) is 2.33. The van der Waals surface area contributed by atoms with Crippen molar-refractivity contribution in [3.63, 3.8) is 0 Å². The molecule has 0 spiro atoms. The number of allylic oxidation sites excluding steroid dienone is 1. The maximum absolute atomic E-state index is 2.36. The van der Waals surface area contributed by atoms with Gasteiger partial charge in [-0.15, -0.1) is 0 Å². The zero-order chi connectivity index (χ0) is 7.84. The summed E-state index contributed by atoms with van der Waals surface area (Å²) >= 11 is 2.36. The molecule has 0 bridgehead atoms. The lowest BCUT2D eigenvalue weighted by atomic mass is 10.0. The fourth-order valence-electron chi connectivity index (χ4n) is 1.44. The Morgan fingerprint density at radius 1 is 1.36 bits per heavy atom. The van der Waals surface area contributed by atoms with Crippen molar-refractivity contribution in [1.82, 2.24) is 0 Å². The van der Waals surface area contributed by atoms with Gasteiger partial charge >= 0.3 is 0 Å². The molecule has 1 aliphatic carbocycles. The number of hydrogen-bond donors (Lipinski definition) is 0. The van der Waals surface area contributed by atoms with Crippen LogP contribution in [0.25, 0.3) is 6.08 Å². The van der Waals surface area contributed by atoms with Crippen molar-refractivity contribution in [2.45, 2.75) is 12.8 Å². The number of hydrogen-bond acceptors (Lipinski definition) is 0. The topological polar surface area (TPSA) is 0 Å². The normalized spacial score (nSPS) is 20.4. The average molecular weight is 256 g/mol. The van der Waals surface area contributed by atoms with Gasteiger partial charge in [-0.05, 0) is 51.8 Å². The van der Waals surface area contributed by atoms with Crippen LogP contribution in [0.15, 0.2) is 24.3 Å². The fourth-order valence-corrected chi connectivity index (χ4v) is 1.96. The first-order chi connectivity index (χ1) is 5.27. The maximum atomic E-state index is 2.36. The molecule has 0 amide bonds.